The molecule has 0 amide bonds. The molecular formula is C10H7Br2FN4O. The second-order valence-electron chi connectivity index (χ2n) is 3.17. The second kappa shape index (κ2) is 5.59. The highest BCUT2D eigenvalue weighted by atomic mass is 79.9. The summed E-state index contributed by atoms with van der Waals surface area (Å²) in [6, 6.07) is 4.45. The summed E-state index contributed by atoms with van der Waals surface area (Å²) in [6.07, 6.45) is 1.45. The van der Waals surface area contributed by atoms with Gasteiger partial charge in [-0.1, -0.05) is 15.9 Å². The van der Waals surface area contributed by atoms with Gasteiger partial charge in [0.1, 0.15) is 0 Å². The average molecular weight is 378 g/mol. The van der Waals surface area contributed by atoms with E-state index in [0.717, 1.165) is 0 Å². The second-order valence-corrected chi connectivity index (χ2v) is 4.94. The van der Waals surface area contributed by atoms with Crippen molar-refractivity contribution in [1.82, 2.24) is 9.97 Å². The van der Waals surface area contributed by atoms with Gasteiger partial charge in [0.15, 0.2) is 11.6 Å². The number of nitrogens with one attached hydrogen (secondary N) is 1. The number of nitrogens with zero attached hydrogens (tertiary/aromatic N) is 2. The first-order valence-electron chi connectivity index (χ1n) is 4.72. The van der Waals surface area contributed by atoms with Gasteiger partial charge in [-0.05, 0) is 34.1 Å². The van der Waals surface area contributed by atoms with Crippen LogP contribution in [0.4, 0.5) is 10.3 Å². The number of benzene rings is 1. The molecule has 8 heteroatoms. The third kappa shape index (κ3) is 2.95. The molecule has 0 unspecified atom stereocenters. The van der Waals surface area contributed by atoms with E-state index in [0.29, 0.717) is 8.95 Å². The van der Waals surface area contributed by atoms with Crippen molar-refractivity contribution in [3.63, 3.8) is 0 Å². The Morgan fingerprint density at radius 1 is 1.33 bits per heavy atom. The lowest BCUT2D eigenvalue weighted by Crippen LogP contribution is -2.10. The van der Waals surface area contributed by atoms with Crippen LogP contribution in [0.25, 0.3) is 0 Å². The Hall–Kier alpha value is -1.25. The molecule has 0 saturated heterocycles. The lowest BCUT2D eigenvalue weighted by Gasteiger charge is -2.08. The first kappa shape index (κ1) is 13.2. The van der Waals surface area contributed by atoms with Crippen molar-refractivity contribution in [2.45, 2.75) is 0 Å². The molecule has 0 aliphatic carbocycles. The molecule has 1 aromatic carbocycles. The summed E-state index contributed by atoms with van der Waals surface area (Å²) in [6.45, 7) is 0. The van der Waals surface area contributed by atoms with Crippen LogP contribution in [-0.2, 0) is 0 Å². The highest BCUT2D eigenvalue weighted by Crippen LogP contribution is 2.30. The van der Waals surface area contributed by atoms with Crippen molar-refractivity contribution in [2.75, 3.05) is 5.43 Å². The molecule has 0 aliphatic heterocycles. The third-order valence-electron chi connectivity index (χ3n) is 1.94. The van der Waals surface area contributed by atoms with Crippen molar-refractivity contribution in [1.29, 1.82) is 0 Å². The Bertz CT molecular complexity index is 582. The van der Waals surface area contributed by atoms with Crippen molar-refractivity contribution in [3.05, 3.63) is 39.2 Å². The van der Waals surface area contributed by atoms with Gasteiger partial charge in [0.2, 0.25) is 11.8 Å². The van der Waals surface area contributed by atoms with Crippen LogP contribution in [0.2, 0.25) is 0 Å². The van der Waals surface area contributed by atoms with Crippen molar-refractivity contribution in [2.24, 2.45) is 5.84 Å². The van der Waals surface area contributed by atoms with Crippen LogP contribution >= 0.6 is 31.9 Å². The van der Waals surface area contributed by atoms with E-state index in [1.807, 2.05) is 0 Å². The summed E-state index contributed by atoms with van der Waals surface area (Å²) in [5, 5.41) is 0. The number of aromatic nitrogens is 2. The zero-order valence-corrected chi connectivity index (χ0v) is 12.0. The minimum atomic E-state index is -0.503. The van der Waals surface area contributed by atoms with E-state index in [-0.39, 0.29) is 17.6 Å². The van der Waals surface area contributed by atoms with Crippen LogP contribution in [0, 0.1) is 5.82 Å². The van der Waals surface area contributed by atoms with Gasteiger partial charge in [0, 0.05) is 4.47 Å². The number of nitrogens with two attached hydrogens (primary N) is 1. The van der Waals surface area contributed by atoms with Crippen molar-refractivity contribution >= 4 is 37.8 Å². The maximum absolute atomic E-state index is 13.6. The highest BCUT2D eigenvalue weighted by Gasteiger charge is 2.10. The fraction of sp³-hybridized carbons (Fsp3) is 0. The number of hydrazine groups is 1. The number of ether oxygens (including phenoxy) is 1. The van der Waals surface area contributed by atoms with Crippen LogP contribution in [0.5, 0.6) is 11.6 Å². The van der Waals surface area contributed by atoms with Crippen molar-refractivity contribution < 1.29 is 9.13 Å². The van der Waals surface area contributed by atoms with E-state index in [9.17, 15) is 4.39 Å². The van der Waals surface area contributed by atoms with E-state index >= 15 is 0 Å². The maximum Gasteiger partial charge on any atom is 0.240 e. The number of rotatable bonds is 3. The van der Waals surface area contributed by atoms with E-state index < -0.39 is 5.82 Å². The van der Waals surface area contributed by atoms with Gasteiger partial charge in [-0.15, -0.1) is 0 Å². The molecule has 3 N–H and O–H groups in total. The first-order chi connectivity index (χ1) is 8.60. The molecule has 18 heavy (non-hydrogen) atoms. The Morgan fingerprint density at radius 3 is 2.78 bits per heavy atom. The monoisotopic (exact) mass is 376 g/mol. The maximum atomic E-state index is 13.6. The van der Waals surface area contributed by atoms with Crippen LogP contribution in [-0.4, -0.2) is 9.97 Å². The minimum Gasteiger partial charge on any atom is -0.435 e. The van der Waals surface area contributed by atoms with Gasteiger partial charge >= 0.3 is 0 Å². The molecule has 0 fully saturated rings. The third-order valence-corrected chi connectivity index (χ3v) is 2.98. The largest absolute Gasteiger partial charge is 0.435 e. The predicted molar refractivity (Wildman–Crippen MR) is 71.7 cm³/mol. The Labute approximate surface area is 119 Å². The lowest BCUT2D eigenvalue weighted by molar-refractivity contribution is 0.424. The van der Waals surface area contributed by atoms with Crippen LogP contribution < -0.4 is 16.0 Å². The summed E-state index contributed by atoms with van der Waals surface area (Å²) in [4.78, 5) is 7.82. The van der Waals surface area contributed by atoms with Gasteiger partial charge in [-0.2, -0.15) is 4.98 Å². The number of hydrogen-bond acceptors (Lipinski definition) is 5. The molecule has 94 valence electrons. The fourth-order valence-corrected chi connectivity index (χ4v) is 1.76. The molecule has 2 aromatic rings. The predicted octanol–water partition coefficient (Wildman–Crippen LogP) is 3.22. The Balaban J connectivity index is 2.33. The first-order valence-corrected chi connectivity index (χ1v) is 6.31. The summed E-state index contributed by atoms with van der Waals surface area (Å²) >= 11 is 6.37. The molecular weight excluding hydrogens is 371 g/mol. The number of halogens is 3. The molecule has 0 saturated carbocycles. The van der Waals surface area contributed by atoms with Gasteiger partial charge in [-0.3, -0.25) is 5.43 Å². The molecule has 0 aliphatic rings. The van der Waals surface area contributed by atoms with E-state index in [1.165, 1.54) is 18.3 Å². The van der Waals surface area contributed by atoms with Gasteiger partial charge in [0.05, 0.1) is 10.7 Å². The van der Waals surface area contributed by atoms with Crippen LogP contribution in [0.1, 0.15) is 0 Å². The molecule has 0 bridgehead atoms. The molecule has 0 spiro atoms. The SMILES string of the molecule is NNc1ncc(Br)c(Oc2ccc(Br)cc2F)n1. The van der Waals surface area contributed by atoms with E-state index in [4.69, 9.17) is 10.6 Å². The topological polar surface area (TPSA) is 73.1 Å². The summed E-state index contributed by atoms with van der Waals surface area (Å²) in [5.41, 5.74) is 2.28. The normalized spacial score (nSPS) is 10.2. The average Bonchev–Trinajstić information content (AvgIpc) is 2.35. The Morgan fingerprint density at radius 2 is 2.11 bits per heavy atom. The zero-order chi connectivity index (χ0) is 13.1. The summed E-state index contributed by atoms with van der Waals surface area (Å²) in [7, 11) is 0. The summed E-state index contributed by atoms with van der Waals surface area (Å²) in [5.74, 6) is 5.08. The van der Waals surface area contributed by atoms with Crippen LogP contribution in [0.15, 0.2) is 33.3 Å². The van der Waals surface area contributed by atoms with Gasteiger partial charge < -0.3 is 4.74 Å². The highest BCUT2D eigenvalue weighted by molar-refractivity contribution is 9.10. The molecule has 2 rings (SSSR count). The van der Waals surface area contributed by atoms with Gasteiger partial charge in [-0.25, -0.2) is 15.2 Å². The Kier molecular flexibility index (Phi) is 4.10. The molecule has 1 heterocycles. The summed E-state index contributed by atoms with van der Waals surface area (Å²) < 4.78 is 20.1. The smallest absolute Gasteiger partial charge is 0.240 e. The van der Waals surface area contributed by atoms with E-state index in [2.05, 4.69) is 47.3 Å². The van der Waals surface area contributed by atoms with E-state index in [1.54, 1.807) is 6.07 Å². The molecule has 5 nitrogen and oxygen atoms in total. The lowest BCUT2D eigenvalue weighted by atomic mass is 10.3. The minimum absolute atomic E-state index is 0.0561. The molecule has 0 atom stereocenters. The number of anilines is 1. The fourth-order valence-electron chi connectivity index (χ4n) is 1.15. The standard InChI is InChI=1S/C10H7Br2FN4O/c11-5-1-2-8(7(13)3-5)18-9-6(12)4-15-10(16-9)17-14/h1-4H,14H2,(H,15,16,17). The van der Waals surface area contributed by atoms with Crippen molar-refractivity contribution in [3.8, 4) is 11.6 Å². The van der Waals surface area contributed by atoms with Gasteiger partial charge in [0.25, 0.3) is 0 Å². The molecule has 1 aromatic heterocycles. The number of nitrogen functional groups attached to an aromatic ring is 1. The quantitative estimate of drug-likeness (QED) is 0.634. The molecule has 0 radical (unpaired) electrons. The van der Waals surface area contributed by atoms with Crippen LogP contribution in [0.3, 0.4) is 0 Å². The zero-order valence-electron chi connectivity index (χ0n) is 8.82. The number of hydrogen-bond donors (Lipinski definition) is 2.